The molecule has 1 amide bonds. The van der Waals surface area contributed by atoms with Crippen LogP contribution in [0, 0.1) is 6.92 Å². The number of amides is 1. The van der Waals surface area contributed by atoms with Crippen molar-refractivity contribution in [2.24, 2.45) is 5.73 Å². The molecule has 5 heteroatoms. The molecule has 0 aromatic carbocycles. The minimum absolute atomic E-state index is 0.0531. The Kier molecular flexibility index (Phi) is 3.56. The van der Waals surface area contributed by atoms with Gasteiger partial charge in [0.2, 0.25) is 5.91 Å². The Morgan fingerprint density at radius 3 is 2.65 bits per heavy atom. The first kappa shape index (κ1) is 13.6. The molecule has 1 aliphatic heterocycles. The molecule has 110 valence electrons. The van der Waals surface area contributed by atoms with Crippen molar-refractivity contribution in [1.82, 2.24) is 4.90 Å². The van der Waals surface area contributed by atoms with E-state index < -0.39 is 5.54 Å². The number of furan rings is 1. The van der Waals surface area contributed by atoms with E-state index in [1.807, 2.05) is 24.0 Å². The predicted octanol–water partition coefficient (Wildman–Crippen LogP) is 1.59. The van der Waals surface area contributed by atoms with Gasteiger partial charge in [-0.05, 0) is 44.7 Å². The SMILES string of the molecule is Cc1ccc(CN(C(=O)C2(N)CCOCC2)C2CC2)o1. The van der Waals surface area contributed by atoms with E-state index in [4.69, 9.17) is 14.9 Å². The first-order chi connectivity index (χ1) is 9.58. The van der Waals surface area contributed by atoms with Crippen LogP contribution in [0.15, 0.2) is 16.5 Å². The van der Waals surface area contributed by atoms with E-state index in [0.717, 1.165) is 24.4 Å². The van der Waals surface area contributed by atoms with Gasteiger partial charge in [-0.2, -0.15) is 0 Å². The van der Waals surface area contributed by atoms with E-state index in [1.165, 1.54) is 0 Å². The monoisotopic (exact) mass is 278 g/mol. The quantitative estimate of drug-likeness (QED) is 0.908. The molecule has 2 aliphatic rings. The van der Waals surface area contributed by atoms with Gasteiger partial charge in [0, 0.05) is 19.3 Å². The summed E-state index contributed by atoms with van der Waals surface area (Å²) >= 11 is 0. The van der Waals surface area contributed by atoms with Crippen molar-refractivity contribution in [3.63, 3.8) is 0 Å². The normalized spacial score (nSPS) is 21.7. The van der Waals surface area contributed by atoms with Crippen LogP contribution in [0.2, 0.25) is 0 Å². The van der Waals surface area contributed by atoms with Crippen LogP contribution in [0.5, 0.6) is 0 Å². The first-order valence-corrected chi connectivity index (χ1v) is 7.31. The molecule has 1 saturated carbocycles. The molecule has 3 rings (SSSR count). The molecule has 0 spiro atoms. The predicted molar refractivity (Wildman–Crippen MR) is 74.0 cm³/mol. The van der Waals surface area contributed by atoms with Crippen molar-refractivity contribution in [2.45, 2.75) is 50.7 Å². The highest BCUT2D eigenvalue weighted by atomic mass is 16.5. The number of ether oxygens (including phenoxy) is 1. The fourth-order valence-electron chi connectivity index (χ4n) is 2.73. The third kappa shape index (κ3) is 2.74. The second kappa shape index (κ2) is 5.22. The molecule has 2 heterocycles. The maximum atomic E-state index is 12.8. The Morgan fingerprint density at radius 2 is 2.10 bits per heavy atom. The van der Waals surface area contributed by atoms with E-state index in [9.17, 15) is 4.79 Å². The van der Waals surface area contributed by atoms with Crippen LogP contribution in [0.3, 0.4) is 0 Å². The van der Waals surface area contributed by atoms with Crippen LogP contribution in [0.25, 0.3) is 0 Å². The van der Waals surface area contributed by atoms with Gasteiger partial charge in [-0.3, -0.25) is 4.79 Å². The molecule has 5 nitrogen and oxygen atoms in total. The van der Waals surface area contributed by atoms with E-state index in [-0.39, 0.29) is 5.91 Å². The van der Waals surface area contributed by atoms with Crippen LogP contribution in [0.1, 0.15) is 37.2 Å². The van der Waals surface area contributed by atoms with Gasteiger partial charge in [-0.25, -0.2) is 0 Å². The highest BCUT2D eigenvalue weighted by molar-refractivity contribution is 5.86. The number of rotatable bonds is 4. The van der Waals surface area contributed by atoms with Crippen LogP contribution in [-0.2, 0) is 16.1 Å². The van der Waals surface area contributed by atoms with Gasteiger partial charge in [-0.15, -0.1) is 0 Å². The van der Waals surface area contributed by atoms with Crippen LogP contribution >= 0.6 is 0 Å². The van der Waals surface area contributed by atoms with E-state index in [0.29, 0.717) is 38.6 Å². The average molecular weight is 278 g/mol. The Hall–Kier alpha value is -1.33. The Bertz CT molecular complexity index is 487. The van der Waals surface area contributed by atoms with Crippen molar-refractivity contribution >= 4 is 5.91 Å². The molecule has 2 N–H and O–H groups in total. The van der Waals surface area contributed by atoms with Gasteiger partial charge >= 0.3 is 0 Å². The molecule has 1 saturated heterocycles. The second-order valence-corrected chi connectivity index (χ2v) is 5.95. The summed E-state index contributed by atoms with van der Waals surface area (Å²) in [4.78, 5) is 14.7. The molecule has 0 radical (unpaired) electrons. The summed E-state index contributed by atoms with van der Waals surface area (Å²) in [5, 5.41) is 0. The van der Waals surface area contributed by atoms with E-state index >= 15 is 0 Å². The Labute approximate surface area is 119 Å². The highest BCUT2D eigenvalue weighted by Crippen LogP contribution is 2.32. The van der Waals surface area contributed by atoms with Crippen molar-refractivity contribution in [2.75, 3.05) is 13.2 Å². The fourth-order valence-corrected chi connectivity index (χ4v) is 2.73. The molecular formula is C15H22N2O3. The zero-order valence-electron chi connectivity index (χ0n) is 11.9. The molecule has 0 atom stereocenters. The lowest BCUT2D eigenvalue weighted by Crippen LogP contribution is -2.58. The summed E-state index contributed by atoms with van der Waals surface area (Å²) < 4.78 is 10.9. The summed E-state index contributed by atoms with van der Waals surface area (Å²) in [6.07, 6.45) is 3.34. The lowest BCUT2D eigenvalue weighted by atomic mass is 9.89. The number of carbonyl (C=O) groups excluding carboxylic acids is 1. The maximum Gasteiger partial charge on any atom is 0.243 e. The Balaban J connectivity index is 1.74. The van der Waals surface area contributed by atoms with E-state index in [1.54, 1.807) is 0 Å². The van der Waals surface area contributed by atoms with Crippen molar-refractivity contribution < 1.29 is 13.9 Å². The first-order valence-electron chi connectivity index (χ1n) is 7.31. The largest absolute Gasteiger partial charge is 0.464 e. The lowest BCUT2D eigenvalue weighted by Gasteiger charge is -2.36. The number of carbonyl (C=O) groups is 1. The minimum atomic E-state index is -0.761. The third-order valence-corrected chi connectivity index (χ3v) is 4.18. The zero-order chi connectivity index (χ0) is 14.2. The lowest BCUT2D eigenvalue weighted by molar-refractivity contribution is -0.142. The zero-order valence-corrected chi connectivity index (χ0v) is 11.9. The topological polar surface area (TPSA) is 68.7 Å². The van der Waals surface area contributed by atoms with Crippen LogP contribution in [-0.4, -0.2) is 35.6 Å². The molecule has 0 unspecified atom stereocenters. The smallest absolute Gasteiger partial charge is 0.243 e. The molecule has 20 heavy (non-hydrogen) atoms. The summed E-state index contributed by atoms with van der Waals surface area (Å²) in [5.41, 5.74) is 5.56. The maximum absolute atomic E-state index is 12.8. The van der Waals surface area contributed by atoms with Crippen LogP contribution in [0.4, 0.5) is 0 Å². The molecule has 1 aromatic heterocycles. The van der Waals surface area contributed by atoms with E-state index in [2.05, 4.69) is 0 Å². The summed E-state index contributed by atoms with van der Waals surface area (Å²) in [5.74, 6) is 1.76. The van der Waals surface area contributed by atoms with Crippen molar-refractivity contribution in [3.8, 4) is 0 Å². The number of nitrogens with zero attached hydrogens (tertiary/aromatic N) is 1. The standard InChI is InChI=1S/C15H22N2O3/c1-11-2-5-13(20-11)10-17(12-3-4-12)14(18)15(16)6-8-19-9-7-15/h2,5,12H,3-4,6-10,16H2,1H3. The van der Waals surface area contributed by atoms with Gasteiger partial charge in [-0.1, -0.05) is 0 Å². The summed E-state index contributed by atoms with van der Waals surface area (Å²) in [7, 11) is 0. The molecular weight excluding hydrogens is 256 g/mol. The number of hydrogen-bond acceptors (Lipinski definition) is 4. The molecule has 0 bridgehead atoms. The van der Waals surface area contributed by atoms with Crippen molar-refractivity contribution in [1.29, 1.82) is 0 Å². The van der Waals surface area contributed by atoms with Gasteiger partial charge in [0.25, 0.3) is 0 Å². The van der Waals surface area contributed by atoms with Crippen LogP contribution < -0.4 is 5.73 Å². The number of hydrogen-bond donors (Lipinski definition) is 1. The van der Waals surface area contributed by atoms with Gasteiger partial charge in [0.05, 0.1) is 12.1 Å². The molecule has 1 aromatic rings. The average Bonchev–Trinajstić information content (AvgIpc) is 3.19. The molecule has 1 aliphatic carbocycles. The summed E-state index contributed by atoms with van der Waals surface area (Å²) in [6.45, 7) is 3.58. The fraction of sp³-hybridized carbons (Fsp3) is 0.667. The third-order valence-electron chi connectivity index (χ3n) is 4.18. The number of aryl methyl sites for hydroxylation is 1. The van der Waals surface area contributed by atoms with Gasteiger partial charge in [0.1, 0.15) is 11.5 Å². The number of nitrogens with two attached hydrogens (primary N) is 1. The van der Waals surface area contributed by atoms with Gasteiger partial charge in [0.15, 0.2) is 0 Å². The van der Waals surface area contributed by atoms with Gasteiger partial charge < -0.3 is 19.8 Å². The Morgan fingerprint density at radius 1 is 1.40 bits per heavy atom. The molecule has 2 fully saturated rings. The second-order valence-electron chi connectivity index (χ2n) is 5.95. The summed E-state index contributed by atoms with van der Waals surface area (Å²) in [6, 6.07) is 4.19. The highest BCUT2D eigenvalue weighted by Gasteiger charge is 2.43. The minimum Gasteiger partial charge on any atom is -0.464 e. The van der Waals surface area contributed by atoms with Crippen molar-refractivity contribution in [3.05, 3.63) is 23.7 Å².